The Hall–Kier alpha value is -2.25. The first-order valence-corrected chi connectivity index (χ1v) is 10.8. The number of thiophene rings is 1. The Bertz CT molecular complexity index is 836. The van der Waals surface area contributed by atoms with Crippen molar-refractivity contribution in [3.05, 3.63) is 57.5 Å². The molecule has 1 unspecified atom stereocenters. The summed E-state index contributed by atoms with van der Waals surface area (Å²) < 4.78 is 13.0. The second kappa shape index (κ2) is 9.98. The highest BCUT2D eigenvalue weighted by Crippen LogP contribution is 2.25. The van der Waals surface area contributed by atoms with E-state index < -0.39 is 12.1 Å². The monoisotopic (exact) mass is 419 g/mol. The van der Waals surface area contributed by atoms with Gasteiger partial charge in [0.1, 0.15) is 10.7 Å². The van der Waals surface area contributed by atoms with Crippen LogP contribution in [0.25, 0.3) is 0 Å². The van der Waals surface area contributed by atoms with Crippen LogP contribution in [0, 0.1) is 5.82 Å². The van der Waals surface area contributed by atoms with Gasteiger partial charge >= 0.3 is 5.97 Å². The molecular weight excluding hydrogens is 393 g/mol. The molecule has 0 bridgehead atoms. The number of nitrogens with zero attached hydrogens (tertiary/aromatic N) is 1. The first-order chi connectivity index (χ1) is 13.9. The third kappa shape index (κ3) is 6.11. The molecule has 2 atom stereocenters. The number of aryl methyl sites for hydroxylation is 1. The van der Waals surface area contributed by atoms with Gasteiger partial charge < -0.3 is 15.1 Å². The van der Waals surface area contributed by atoms with E-state index in [9.17, 15) is 19.1 Å². The number of carboxylic acid groups (broad SMARTS) is 1. The van der Waals surface area contributed by atoms with E-state index in [0.29, 0.717) is 30.7 Å². The van der Waals surface area contributed by atoms with Crippen LogP contribution in [0.5, 0.6) is 0 Å². The lowest BCUT2D eigenvalue weighted by Gasteiger charge is -2.25. The minimum atomic E-state index is -0.907. The molecule has 1 fully saturated rings. The van der Waals surface area contributed by atoms with E-state index in [2.05, 4.69) is 0 Å². The molecule has 3 rings (SSSR count). The van der Waals surface area contributed by atoms with Crippen LogP contribution < -0.4 is 0 Å². The van der Waals surface area contributed by atoms with E-state index in [1.807, 2.05) is 11.0 Å². The van der Waals surface area contributed by atoms with Gasteiger partial charge in [0.05, 0.1) is 6.10 Å². The van der Waals surface area contributed by atoms with E-state index in [4.69, 9.17) is 5.11 Å². The molecule has 0 radical (unpaired) electrons. The number of amides is 1. The molecule has 2 aromatic rings. The number of carbonyl (C=O) groups excluding carboxylic acids is 1. The summed E-state index contributed by atoms with van der Waals surface area (Å²) in [5.74, 6) is -1.04. The molecule has 156 valence electrons. The van der Waals surface area contributed by atoms with Crippen molar-refractivity contribution in [1.82, 2.24) is 4.90 Å². The Morgan fingerprint density at radius 2 is 2.00 bits per heavy atom. The van der Waals surface area contributed by atoms with Gasteiger partial charge in [-0.05, 0) is 68.4 Å². The van der Waals surface area contributed by atoms with E-state index in [1.54, 1.807) is 18.2 Å². The Morgan fingerprint density at radius 3 is 2.69 bits per heavy atom. The van der Waals surface area contributed by atoms with E-state index >= 15 is 0 Å². The Labute approximate surface area is 173 Å². The minimum absolute atomic E-state index is 0.142. The summed E-state index contributed by atoms with van der Waals surface area (Å²) in [5, 5.41) is 19.3. The molecule has 1 aliphatic heterocycles. The number of halogens is 1. The van der Waals surface area contributed by atoms with E-state index in [0.717, 1.165) is 36.1 Å². The molecule has 0 aliphatic carbocycles. The first kappa shape index (κ1) is 21.5. The molecule has 1 amide bonds. The van der Waals surface area contributed by atoms with Crippen molar-refractivity contribution in [3.63, 3.8) is 0 Å². The summed E-state index contributed by atoms with van der Waals surface area (Å²) in [4.78, 5) is 26.5. The van der Waals surface area contributed by atoms with E-state index in [1.165, 1.54) is 23.5 Å². The molecule has 2 N–H and O–H groups in total. The quantitative estimate of drug-likeness (QED) is 0.612. The van der Waals surface area contributed by atoms with Gasteiger partial charge in [-0.15, -0.1) is 11.3 Å². The number of benzene rings is 1. The van der Waals surface area contributed by atoms with Gasteiger partial charge in [0, 0.05) is 23.9 Å². The molecule has 0 saturated carbocycles. The molecule has 7 heteroatoms. The average Bonchev–Trinajstić information content (AvgIpc) is 3.30. The van der Waals surface area contributed by atoms with Gasteiger partial charge in [0.2, 0.25) is 5.91 Å². The van der Waals surface area contributed by atoms with Crippen molar-refractivity contribution >= 4 is 23.2 Å². The number of aliphatic hydroxyl groups excluding tert-OH is 1. The molecular formula is C22H26FNO4S. The first-order valence-electron chi connectivity index (χ1n) is 9.96. The molecule has 1 aliphatic rings. The fourth-order valence-corrected chi connectivity index (χ4v) is 4.72. The van der Waals surface area contributed by atoms with Crippen LogP contribution in [0.4, 0.5) is 4.39 Å². The maximum atomic E-state index is 13.0. The third-order valence-corrected chi connectivity index (χ3v) is 6.50. The third-order valence-electron chi connectivity index (χ3n) is 5.36. The maximum absolute atomic E-state index is 13.0. The molecule has 29 heavy (non-hydrogen) atoms. The zero-order chi connectivity index (χ0) is 20.8. The smallest absolute Gasteiger partial charge is 0.345 e. The lowest BCUT2D eigenvalue weighted by atomic mass is 10.0. The normalized spacial score (nSPS) is 17.7. The average molecular weight is 420 g/mol. The predicted molar refractivity (Wildman–Crippen MR) is 110 cm³/mol. The molecule has 1 saturated heterocycles. The number of aromatic carboxylic acids is 1. The molecule has 1 aromatic heterocycles. The second-order valence-electron chi connectivity index (χ2n) is 7.52. The van der Waals surface area contributed by atoms with Crippen LogP contribution in [0.2, 0.25) is 0 Å². The van der Waals surface area contributed by atoms with E-state index in [-0.39, 0.29) is 17.8 Å². The van der Waals surface area contributed by atoms with Crippen LogP contribution in [0.3, 0.4) is 0 Å². The Morgan fingerprint density at radius 1 is 1.24 bits per heavy atom. The predicted octanol–water partition coefficient (Wildman–Crippen LogP) is 3.89. The second-order valence-corrected chi connectivity index (χ2v) is 8.68. The van der Waals surface area contributed by atoms with Gasteiger partial charge in [0.15, 0.2) is 0 Å². The number of hydrogen-bond acceptors (Lipinski definition) is 4. The van der Waals surface area contributed by atoms with Gasteiger partial charge in [0.25, 0.3) is 0 Å². The summed E-state index contributed by atoms with van der Waals surface area (Å²) in [5.41, 5.74) is 0.898. The van der Waals surface area contributed by atoms with Crippen molar-refractivity contribution < 1.29 is 24.2 Å². The number of carboxylic acids is 1. The zero-order valence-electron chi connectivity index (χ0n) is 16.2. The van der Waals surface area contributed by atoms with Gasteiger partial charge in [-0.1, -0.05) is 12.1 Å². The molecule has 2 heterocycles. The van der Waals surface area contributed by atoms with Crippen LogP contribution in [-0.4, -0.2) is 45.7 Å². The molecule has 5 nitrogen and oxygen atoms in total. The van der Waals surface area contributed by atoms with Crippen molar-refractivity contribution in [2.75, 3.05) is 6.54 Å². The van der Waals surface area contributed by atoms with Crippen LogP contribution >= 0.6 is 11.3 Å². The molecule has 1 aromatic carbocycles. The van der Waals surface area contributed by atoms with Crippen molar-refractivity contribution in [3.8, 4) is 0 Å². The lowest BCUT2D eigenvalue weighted by molar-refractivity contribution is -0.129. The Kier molecular flexibility index (Phi) is 7.39. The van der Waals surface area contributed by atoms with Crippen LogP contribution in [0.1, 0.15) is 52.2 Å². The summed E-state index contributed by atoms with van der Waals surface area (Å²) >= 11 is 1.28. The summed E-state index contributed by atoms with van der Waals surface area (Å²) in [7, 11) is 0. The van der Waals surface area contributed by atoms with Crippen molar-refractivity contribution in [2.24, 2.45) is 0 Å². The van der Waals surface area contributed by atoms with Gasteiger partial charge in [-0.25, -0.2) is 9.18 Å². The highest BCUT2D eigenvalue weighted by molar-refractivity contribution is 7.13. The standard InChI is InChI=1S/C22H26FNO4S/c23-16-5-3-15(4-6-16)14-18(25)9-7-17-8-12-21(26)24(17)13-1-2-19-10-11-20(29-19)22(27)28/h3-6,10-11,17-18,25H,1-2,7-9,12-14H2,(H,27,28)/t17-,18?/m0/s1. The summed E-state index contributed by atoms with van der Waals surface area (Å²) in [6, 6.07) is 9.76. The van der Waals surface area contributed by atoms with Gasteiger partial charge in [-0.3, -0.25) is 4.79 Å². The topological polar surface area (TPSA) is 77.8 Å². The fraction of sp³-hybridized carbons (Fsp3) is 0.455. The number of rotatable bonds is 10. The van der Waals surface area contributed by atoms with Crippen LogP contribution in [0.15, 0.2) is 36.4 Å². The number of hydrogen-bond donors (Lipinski definition) is 2. The highest BCUT2D eigenvalue weighted by Gasteiger charge is 2.30. The largest absolute Gasteiger partial charge is 0.477 e. The van der Waals surface area contributed by atoms with Crippen molar-refractivity contribution in [2.45, 2.75) is 57.1 Å². The molecule has 0 spiro atoms. The van der Waals surface area contributed by atoms with Crippen molar-refractivity contribution in [1.29, 1.82) is 0 Å². The fourth-order valence-electron chi connectivity index (χ4n) is 3.83. The summed E-state index contributed by atoms with van der Waals surface area (Å²) in [6.07, 6.45) is 4.20. The number of likely N-dealkylation sites (tertiary alicyclic amines) is 1. The minimum Gasteiger partial charge on any atom is -0.477 e. The SMILES string of the molecule is O=C(O)c1ccc(CCCN2C(=O)CC[C@@H]2CCC(O)Cc2ccc(F)cc2)s1. The lowest BCUT2D eigenvalue weighted by Crippen LogP contribution is -2.34. The number of carbonyl (C=O) groups is 2. The maximum Gasteiger partial charge on any atom is 0.345 e. The Balaban J connectivity index is 1.44. The number of aliphatic hydroxyl groups is 1. The summed E-state index contributed by atoms with van der Waals surface area (Å²) in [6.45, 7) is 0.651. The highest BCUT2D eigenvalue weighted by atomic mass is 32.1. The van der Waals surface area contributed by atoms with Gasteiger partial charge in [-0.2, -0.15) is 0 Å². The zero-order valence-corrected chi connectivity index (χ0v) is 17.0. The van der Waals surface area contributed by atoms with Crippen LogP contribution in [-0.2, 0) is 17.6 Å².